The molecule has 266 valence electrons. The van der Waals surface area contributed by atoms with Crippen LogP contribution in [0.1, 0.15) is 0 Å². The number of aromatic nitrogens is 4. The zero-order valence-corrected chi connectivity index (χ0v) is 30.9. The highest BCUT2D eigenvalue weighted by molar-refractivity contribution is 6.18. The predicted octanol–water partition coefficient (Wildman–Crippen LogP) is 13.6. The fourth-order valence-corrected chi connectivity index (χ4v) is 8.37. The van der Waals surface area contributed by atoms with Crippen molar-refractivity contribution in [2.75, 3.05) is 0 Å². The summed E-state index contributed by atoms with van der Waals surface area (Å²) in [6.45, 7) is 0. The fourth-order valence-electron chi connectivity index (χ4n) is 8.37. The lowest BCUT2D eigenvalue weighted by Crippen LogP contribution is -1.99. The summed E-state index contributed by atoms with van der Waals surface area (Å²) in [5, 5.41) is 5.76. The molecular weight excluding hydrogens is 693 g/mol. The topological polar surface area (TPSA) is 43.6 Å². The monoisotopic (exact) mass is 726 g/mol. The average molecular weight is 727 g/mol. The molecule has 4 nitrogen and oxygen atoms in total. The molecule has 57 heavy (non-hydrogen) atoms. The van der Waals surface area contributed by atoms with Crippen LogP contribution in [0.25, 0.3) is 105 Å². The number of hydrogen-bond donors (Lipinski definition) is 0. The largest absolute Gasteiger partial charge is 0.309 e. The summed E-state index contributed by atoms with van der Waals surface area (Å²) >= 11 is 0. The molecule has 3 heterocycles. The van der Waals surface area contributed by atoms with Gasteiger partial charge in [-0.25, -0.2) is 15.0 Å². The van der Waals surface area contributed by atoms with Crippen molar-refractivity contribution in [3.05, 3.63) is 206 Å². The van der Waals surface area contributed by atoms with Crippen LogP contribution < -0.4 is 0 Å². The predicted molar refractivity (Wildman–Crippen MR) is 236 cm³/mol. The second kappa shape index (κ2) is 13.6. The third-order valence-corrected chi connectivity index (χ3v) is 11.0. The number of hydrogen-bond acceptors (Lipinski definition) is 3. The lowest BCUT2D eigenvalue weighted by atomic mass is 9.92. The molecular formula is C53H34N4. The Balaban J connectivity index is 1.16. The molecule has 0 bridgehead atoms. The lowest BCUT2D eigenvalue weighted by Gasteiger charge is -2.16. The van der Waals surface area contributed by atoms with Crippen LogP contribution >= 0.6 is 0 Å². The van der Waals surface area contributed by atoms with E-state index in [4.69, 9.17) is 15.0 Å². The van der Waals surface area contributed by atoms with E-state index in [1.807, 2.05) is 12.1 Å². The average Bonchev–Trinajstić information content (AvgIpc) is 3.63. The Labute approximate surface area is 330 Å². The first-order valence-corrected chi connectivity index (χ1v) is 19.3. The van der Waals surface area contributed by atoms with Crippen LogP contribution in [0.2, 0.25) is 0 Å². The molecule has 0 saturated carbocycles. The minimum absolute atomic E-state index is 0.653. The van der Waals surface area contributed by atoms with Gasteiger partial charge in [0.1, 0.15) is 0 Å². The van der Waals surface area contributed by atoms with Crippen LogP contribution in [0.15, 0.2) is 206 Å². The summed E-state index contributed by atoms with van der Waals surface area (Å²) in [7, 11) is 0. The molecule has 0 aliphatic rings. The molecule has 8 aromatic carbocycles. The van der Waals surface area contributed by atoms with E-state index in [0.29, 0.717) is 5.82 Å². The van der Waals surface area contributed by atoms with Crippen molar-refractivity contribution in [3.63, 3.8) is 0 Å². The van der Waals surface area contributed by atoms with E-state index in [0.717, 1.165) is 77.8 Å². The number of nitrogens with zero attached hydrogens (tertiary/aromatic N) is 4. The zero-order chi connectivity index (χ0) is 37.7. The van der Waals surface area contributed by atoms with Gasteiger partial charge in [-0.15, -0.1) is 0 Å². The van der Waals surface area contributed by atoms with E-state index in [-0.39, 0.29) is 0 Å². The number of fused-ring (bicyclic) bond motifs is 6. The molecule has 0 radical (unpaired) electrons. The maximum Gasteiger partial charge on any atom is 0.161 e. The minimum atomic E-state index is 0.653. The van der Waals surface area contributed by atoms with Gasteiger partial charge in [0.25, 0.3) is 0 Å². The standard InChI is InChI=1S/C53H34N4/c1-4-17-35(18-5-1)44-32-46(36-19-6-2-7-20-36)54-49-33-45(40-25-10-11-28-43(40)52(44)49)53-55-47(37-21-8-3-9-22-37)34-48(56-53)38-23-16-24-39(31-38)57-50-29-14-12-26-41(50)42-27-13-15-30-51(42)57/h1-34H. The van der Waals surface area contributed by atoms with Crippen LogP contribution in [0, 0.1) is 0 Å². The molecule has 0 spiro atoms. The normalized spacial score (nSPS) is 11.5. The third kappa shape index (κ3) is 5.66. The first kappa shape index (κ1) is 32.7. The highest BCUT2D eigenvalue weighted by Gasteiger charge is 2.19. The highest BCUT2D eigenvalue weighted by Crippen LogP contribution is 2.41. The molecule has 0 fully saturated rings. The van der Waals surface area contributed by atoms with Gasteiger partial charge < -0.3 is 4.57 Å². The van der Waals surface area contributed by atoms with Crippen molar-refractivity contribution in [1.29, 1.82) is 0 Å². The number of pyridine rings is 1. The highest BCUT2D eigenvalue weighted by atomic mass is 15.0. The Morgan fingerprint density at radius 3 is 1.44 bits per heavy atom. The summed E-state index contributed by atoms with van der Waals surface area (Å²) in [5.41, 5.74) is 13.3. The van der Waals surface area contributed by atoms with Crippen molar-refractivity contribution < 1.29 is 0 Å². The van der Waals surface area contributed by atoms with Gasteiger partial charge in [-0.2, -0.15) is 0 Å². The van der Waals surface area contributed by atoms with Crippen molar-refractivity contribution in [1.82, 2.24) is 19.5 Å². The molecule has 0 N–H and O–H groups in total. The van der Waals surface area contributed by atoms with Gasteiger partial charge in [-0.3, -0.25) is 0 Å². The van der Waals surface area contributed by atoms with Crippen LogP contribution in [0.5, 0.6) is 0 Å². The smallest absolute Gasteiger partial charge is 0.161 e. The van der Waals surface area contributed by atoms with Crippen molar-refractivity contribution in [3.8, 4) is 62.0 Å². The van der Waals surface area contributed by atoms with E-state index in [2.05, 4.69) is 199 Å². The summed E-state index contributed by atoms with van der Waals surface area (Å²) in [6.07, 6.45) is 0. The van der Waals surface area contributed by atoms with E-state index in [9.17, 15) is 0 Å². The van der Waals surface area contributed by atoms with Gasteiger partial charge in [0.2, 0.25) is 0 Å². The summed E-state index contributed by atoms with van der Waals surface area (Å²) in [5.74, 6) is 0.653. The second-order valence-electron chi connectivity index (χ2n) is 14.4. The van der Waals surface area contributed by atoms with Crippen molar-refractivity contribution >= 4 is 43.5 Å². The Kier molecular flexibility index (Phi) is 7.78. The van der Waals surface area contributed by atoms with E-state index in [1.54, 1.807) is 0 Å². The summed E-state index contributed by atoms with van der Waals surface area (Å²) in [6, 6.07) is 72.5. The lowest BCUT2D eigenvalue weighted by molar-refractivity contribution is 1.17. The zero-order valence-electron chi connectivity index (χ0n) is 30.9. The molecule has 0 saturated heterocycles. The van der Waals surface area contributed by atoms with Crippen molar-refractivity contribution in [2.24, 2.45) is 0 Å². The Bertz CT molecular complexity index is 3230. The first-order valence-electron chi connectivity index (χ1n) is 19.3. The van der Waals surface area contributed by atoms with Crippen molar-refractivity contribution in [2.45, 2.75) is 0 Å². The van der Waals surface area contributed by atoms with Gasteiger partial charge in [0, 0.05) is 44.1 Å². The van der Waals surface area contributed by atoms with Crippen LogP contribution in [-0.2, 0) is 0 Å². The SMILES string of the molecule is c1ccc(-c2cc(-c3cccc(-n4c5ccccc5c5ccccc54)c3)nc(-c3cc4nc(-c5ccccc5)cc(-c5ccccc5)c4c4ccccc34)n2)cc1. The first-order chi connectivity index (χ1) is 28.3. The maximum atomic E-state index is 5.42. The molecule has 11 aromatic rings. The summed E-state index contributed by atoms with van der Waals surface area (Å²) < 4.78 is 2.35. The maximum absolute atomic E-state index is 5.42. The number of rotatable bonds is 6. The molecule has 0 unspecified atom stereocenters. The fraction of sp³-hybridized carbons (Fsp3) is 0. The van der Waals surface area contributed by atoms with E-state index < -0.39 is 0 Å². The van der Waals surface area contributed by atoms with Gasteiger partial charge in [-0.1, -0.05) is 164 Å². The molecule has 4 heteroatoms. The Morgan fingerprint density at radius 2 is 0.807 bits per heavy atom. The number of para-hydroxylation sites is 2. The number of benzene rings is 8. The van der Waals surface area contributed by atoms with Gasteiger partial charge in [0.05, 0.1) is 33.6 Å². The van der Waals surface area contributed by atoms with Gasteiger partial charge in [0.15, 0.2) is 5.82 Å². The van der Waals surface area contributed by atoms with Crippen LogP contribution in [0.4, 0.5) is 0 Å². The van der Waals surface area contributed by atoms with E-state index >= 15 is 0 Å². The minimum Gasteiger partial charge on any atom is -0.309 e. The molecule has 0 amide bonds. The third-order valence-electron chi connectivity index (χ3n) is 11.0. The molecule has 0 aliphatic carbocycles. The molecule has 0 aliphatic heterocycles. The van der Waals surface area contributed by atoms with Crippen LogP contribution in [-0.4, -0.2) is 19.5 Å². The molecule has 0 atom stereocenters. The van der Waals surface area contributed by atoms with E-state index in [1.165, 1.54) is 21.8 Å². The van der Waals surface area contributed by atoms with Crippen LogP contribution in [0.3, 0.4) is 0 Å². The van der Waals surface area contributed by atoms with Gasteiger partial charge >= 0.3 is 0 Å². The molecule has 11 rings (SSSR count). The second-order valence-corrected chi connectivity index (χ2v) is 14.4. The molecule has 3 aromatic heterocycles. The quantitative estimate of drug-likeness (QED) is 0.160. The summed E-state index contributed by atoms with van der Waals surface area (Å²) in [4.78, 5) is 16.1. The van der Waals surface area contributed by atoms with Gasteiger partial charge in [-0.05, 0) is 64.4 Å². The Hall–Kier alpha value is -7.69. The Morgan fingerprint density at radius 1 is 0.316 bits per heavy atom.